The van der Waals surface area contributed by atoms with Crippen molar-refractivity contribution in [1.29, 1.82) is 0 Å². The van der Waals surface area contributed by atoms with Crippen molar-refractivity contribution in [3.8, 4) is 0 Å². The molecule has 4 nitrogen and oxygen atoms in total. The molecule has 0 spiro atoms. The third-order valence-corrected chi connectivity index (χ3v) is 2.88. The van der Waals surface area contributed by atoms with Gasteiger partial charge in [-0.1, -0.05) is 46.1 Å². The number of nitrogens with zero attached hydrogens (tertiary/aromatic N) is 1. The smallest absolute Gasteiger partial charge is 0.267 e. The summed E-state index contributed by atoms with van der Waals surface area (Å²) >= 11 is 0. The van der Waals surface area contributed by atoms with E-state index in [1.54, 1.807) is 5.12 Å². The number of carbonyl (C=O) groups is 1. The molecule has 0 aliphatic heterocycles. The zero-order chi connectivity index (χ0) is 14.5. The molecule has 0 unspecified atom stereocenters. The summed E-state index contributed by atoms with van der Waals surface area (Å²) in [6, 6.07) is 0. The zero-order valence-corrected chi connectivity index (χ0v) is 13.1. The molecule has 0 bridgehead atoms. The third kappa shape index (κ3) is 8.78. The van der Waals surface area contributed by atoms with Crippen molar-refractivity contribution in [1.82, 2.24) is 16.0 Å². The van der Waals surface area contributed by atoms with Crippen LogP contribution in [0.1, 0.15) is 66.2 Å². The first-order chi connectivity index (χ1) is 9.17. The van der Waals surface area contributed by atoms with Gasteiger partial charge in [-0.3, -0.25) is 4.79 Å². The maximum atomic E-state index is 12.3. The summed E-state index contributed by atoms with van der Waals surface area (Å²) in [5.41, 5.74) is 7.14. The summed E-state index contributed by atoms with van der Waals surface area (Å²) in [6.07, 6.45) is 8.40. The highest BCUT2D eigenvalue weighted by atomic mass is 16.2. The van der Waals surface area contributed by atoms with Gasteiger partial charge < -0.3 is 0 Å². The first-order valence-electron chi connectivity index (χ1n) is 7.65. The van der Waals surface area contributed by atoms with Crippen LogP contribution in [-0.2, 0) is 4.79 Å². The number of allylic oxidation sites excluding steroid dienone is 1. The highest BCUT2D eigenvalue weighted by Crippen LogP contribution is 2.01. The standard InChI is InChI=1S/C15H31N3O/c1-5-8-11-14(4)15(19)18(16-12-9-6-2)17-13-10-7-3/h11,16-17H,5-10,12-13H2,1-4H3. The quantitative estimate of drug-likeness (QED) is 0.344. The van der Waals surface area contributed by atoms with E-state index in [2.05, 4.69) is 31.6 Å². The lowest BCUT2D eigenvalue weighted by atomic mass is 10.2. The van der Waals surface area contributed by atoms with Crippen molar-refractivity contribution >= 4 is 5.91 Å². The van der Waals surface area contributed by atoms with Crippen LogP contribution in [0.2, 0.25) is 0 Å². The Bertz CT molecular complexity index is 254. The van der Waals surface area contributed by atoms with Crippen LogP contribution in [-0.4, -0.2) is 24.1 Å². The molecule has 4 heteroatoms. The largest absolute Gasteiger partial charge is 0.278 e. The minimum absolute atomic E-state index is 0.0284. The summed E-state index contributed by atoms with van der Waals surface area (Å²) in [4.78, 5) is 12.3. The molecule has 112 valence electrons. The van der Waals surface area contributed by atoms with Gasteiger partial charge in [0.15, 0.2) is 0 Å². The molecule has 0 aromatic carbocycles. The summed E-state index contributed by atoms with van der Waals surface area (Å²) in [6.45, 7) is 9.93. The number of nitrogens with one attached hydrogen (secondary N) is 2. The molecule has 0 saturated heterocycles. The molecule has 0 atom stereocenters. The first kappa shape index (κ1) is 18.1. The van der Waals surface area contributed by atoms with E-state index in [1.807, 2.05) is 13.0 Å². The van der Waals surface area contributed by atoms with E-state index in [-0.39, 0.29) is 5.91 Å². The van der Waals surface area contributed by atoms with E-state index in [4.69, 9.17) is 0 Å². The lowest BCUT2D eigenvalue weighted by Gasteiger charge is -2.24. The van der Waals surface area contributed by atoms with Gasteiger partial charge in [0.2, 0.25) is 0 Å². The van der Waals surface area contributed by atoms with E-state index < -0.39 is 0 Å². The van der Waals surface area contributed by atoms with Crippen molar-refractivity contribution < 1.29 is 4.79 Å². The number of hydrazine groups is 2. The molecule has 0 fully saturated rings. The Labute approximate surface area is 118 Å². The Morgan fingerprint density at radius 1 is 1.00 bits per heavy atom. The Kier molecular flexibility index (Phi) is 11.6. The van der Waals surface area contributed by atoms with Gasteiger partial charge in [0.05, 0.1) is 0 Å². The topological polar surface area (TPSA) is 44.4 Å². The van der Waals surface area contributed by atoms with Gasteiger partial charge in [0.1, 0.15) is 0 Å². The molecule has 0 aliphatic carbocycles. The summed E-state index contributed by atoms with van der Waals surface area (Å²) in [5, 5.41) is 1.56. The maximum absolute atomic E-state index is 12.3. The number of carbonyl (C=O) groups excluding carboxylic acids is 1. The normalized spacial score (nSPS) is 11.7. The molecule has 0 aromatic heterocycles. The van der Waals surface area contributed by atoms with Crippen molar-refractivity contribution in [3.05, 3.63) is 11.6 Å². The van der Waals surface area contributed by atoms with Gasteiger partial charge >= 0.3 is 0 Å². The van der Waals surface area contributed by atoms with Crippen LogP contribution in [0.15, 0.2) is 11.6 Å². The molecule has 0 aromatic rings. The zero-order valence-electron chi connectivity index (χ0n) is 13.1. The molecule has 0 radical (unpaired) electrons. The van der Waals surface area contributed by atoms with E-state index in [0.29, 0.717) is 0 Å². The molecule has 0 aliphatic rings. The average Bonchev–Trinajstić information content (AvgIpc) is 2.42. The van der Waals surface area contributed by atoms with Crippen molar-refractivity contribution in [2.24, 2.45) is 0 Å². The summed E-state index contributed by atoms with van der Waals surface area (Å²) < 4.78 is 0. The number of rotatable bonds is 11. The number of hydrogen-bond acceptors (Lipinski definition) is 3. The van der Waals surface area contributed by atoms with Crippen molar-refractivity contribution in [2.45, 2.75) is 66.2 Å². The summed E-state index contributed by atoms with van der Waals surface area (Å²) in [7, 11) is 0. The van der Waals surface area contributed by atoms with Crippen LogP contribution in [0.25, 0.3) is 0 Å². The van der Waals surface area contributed by atoms with Crippen LogP contribution in [0.4, 0.5) is 0 Å². The SMILES string of the molecule is CCCC=C(C)C(=O)N(NCCCC)NCCCC. The maximum Gasteiger partial charge on any atom is 0.278 e. The highest BCUT2D eigenvalue weighted by molar-refractivity contribution is 5.92. The molecule has 0 saturated carbocycles. The van der Waals surface area contributed by atoms with E-state index >= 15 is 0 Å². The van der Waals surface area contributed by atoms with Crippen molar-refractivity contribution in [2.75, 3.05) is 13.1 Å². The fourth-order valence-electron chi connectivity index (χ4n) is 1.56. The molecule has 0 rings (SSSR count). The Balaban J connectivity index is 4.38. The number of unbranched alkanes of at least 4 members (excludes halogenated alkanes) is 3. The molecule has 2 N–H and O–H groups in total. The predicted octanol–water partition coefficient (Wildman–Crippen LogP) is 3.17. The second kappa shape index (κ2) is 12.2. The molecule has 19 heavy (non-hydrogen) atoms. The second-order valence-electron chi connectivity index (χ2n) is 4.84. The minimum atomic E-state index is 0.0284. The van der Waals surface area contributed by atoms with Crippen LogP contribution in [0.3, 0.4) is 0 Å². The van der Waals surface area contributed by atoms with Crippen LogP contribution < -0.4 is 10.9 Å². The van der Waals surface area contributed by atoms with E-state index in [1.165, 1.54) is 0 Å². The van der Waals surface area contributed by atoms with Gasteiger partial charge in [0, 0.05) is 18.7 Å². The predicted molar refractivity (Wildman–Crippen MR) is 81.3 cm³/mol. The van der Waals surface area contributed by atoms with Gasteiger partial charge in [-0.15, -0.1) is 0 Å². The third-order valence-electron chi connectivity index (χ3n) is 2.88. The van der Waals surface area contributed by atoms with E-state index in [0.717, 1.165) is 57.2 Å². The van der Waals surface area contributed by atoms with Gasteiger partial charge in [0.25, 0.3) is 5.91 Å². The van der Waals surface area contributed by atoms with Crippen molar-refractivity contribution in [3.63, 3.8) is 0 Å². The van der Waals surface area contributed by atoms with Gasteiger partial charge in [-0.05, 0) is 26.2 Å². The number of amides is 1. The monoisotopic (exact) mass is 269 g/mol. The fraction of sp³-hybridized carbons (Fsp3) is 0.800. The van der Waals surface area contributed by atoms with Gasteiger partial charge in [-0.2, -0.15) is 0 Å². The van der Waals surface area contributed by atoms with Gasteiger partial charge in [-0.25, -0.2) is 16.0 Å². The Morgan fingerprint density at radius 3 is 1.95 bits per heavy atom. The van der Waals surface area contributed by atoms with Crippen LogP contribution in [0, 0.1) is 0 Å². The first-order valence-corrected chi connectivity index (χ1v) is 7.65. The fourth-order valence-corrected chi connectivity index (χ4v) is 1.56. The van der Waals surface area contributed by atoms with Crippen LogP contribution in [0.5, 0.6) is 0 Å². The molecule has 1 amide bonds. The van der Waals surface area contributed by atoms with Crippen LogP contribution >= 0.6 is 0 Å². The number of hydrogen-bond donors (Lipinski definition) is 2. The Morgan fingerprint density at radius 2 is 1.53 bits per heavy atom. The summed E-state index contributed by atoms with van der Waals surface area (Å²) in [5.74, 6) is 0.0284. The molecular formula is C15H31N3O. The molecular weight excluding hydrogens is 238 g/mol. The average molecular weight is 269 g/mol. The lowest BCUT2D eigenvalue weighted by Crippen LogP contribution is -2.52. The van der Waals surface area contributed by atoms with E-state index in [9.17, 15) is 4.79 Å². The Hall–Kier alpha value is -0.870. The second-order valence-corrected chi connectivity index (χ2v) is 4.84. The minimum Gasteiger partial charge on any atom is -0.267 e. The molecule has 0 heterocycles. The lowest BCUT2D eigenvalue weighted by molar-refractivity contribution is -0.134. The highest BCUT2D eigenvalue weighted by Gasteiger charge is 2.13.